The van der Waals surface area contributed by atoms with Gasteiger partial charge in [0.05, 0.1) is 6.04 Å². The summed E-state index contributed by atoms with van der Waals surface area (Å²) in [5, 5.41) is 5.16. The van der Waals surface area contributed by atoms with Crippen LogP contribution in [0.15, 0.2) is 47.8 Å². The van der Waals surface area contributed by atoms with Gasteiger partial charge in [0.25, 0.3) is 5.91 Å². The summed E-state index contributed by atoms with van der Waals surface area (Å²) in [6, 6.07) is 13.5. The number of hydrogen-bond acceptors (Lipinski definition) is 3. The smallest absolute Gasteiger partial charge is 0.261 e. The van der Waals surface area contributed by atoms with Crippen molar-refractivity contribution in [3.05, 3.63) is 52.7 Å². The largest absolute Gasteiger partial charge is 0.481 e. The molecule has 1 aromatic carbocycles. The number of nitrogens with one attached hydrogen (secondary N) is 1. The lowest BCUT2D eigenvalue weighted by atomic mass is 9.85. The fraction of sp³-hybridized carbons (Fsp3) is 0.389. The first-order valence-corrected chi connectivity index (χ1v) is 8.31. The van der Waals surface area contributed by atoms with Gasteiger partial charge in [-0.3, -0.25) is 4.79 Å². The highest BCUT2D eigenvalue weighted by Crippen LogP contribution is 2.35. The van der Waals surface area contributed by atoms with E-state index in [1.165, 1.54) is 0 Å². The van der Waals surface area contributed by atoms with Crippen LogP contribution in [0, 0.1) is 5.41 Å². The minimum atomic E-state index is -0.535. The normalized spacial score (nSPS) is 14.2. The standard InChI is InChI=1S/C18H23NO2S/c1-13(21-14-9-6-5-7-10-14)17(20)19-16(18(2,3)4)15-11-8-12-22-15/h5-13,16H,1-4H3,(H,19,20)/t13-,16+/m1/s1. The monoisotopic (exact) mass is 317 g/mol. The molecule has 1 N–H and O–H groups in total. The van der Waals surface area contributed by atoms with Crippen LogP contribution >= 0.6 is 11.3 Å². The molecule has 2 aromatic rings. The fourth-order valence-electron chi connectivity index (χ4n) is 2.19. The third-order valence-electron chi connectivity index (χ3n) is 3.41. The number of thiophene rings is 1. The number of para-hydroxylation sites is 1. The Labute approximate surface area is 136 Å². The van der Waals surface area contributed by atoms with Crippen molar-refractivity contribution in [3.63, 3.8) is 0 Å². The van der Waals surface area contributed by atoms with Crippen molar-refractivity contribution in [1.82, 2.24) is 5.32 Å². The Hall–Kier alpha value is -1.81. The third kappa shape index (κ3) is 4.34. The SMILES string of the molecule is C[C@@H](Oc1ccccc1)C(=O)N[C@@H](c1cccs1)C(C)(C)C. The maximum atomic E-state index is 12.5. The molecule has 118 valence electrons. The predicted molar refractivity (Wildman–Crippen MR) is 91.2 cm³/mol. The van der Waals surface area contributed by atoms with Gasteiger partial charge in [0.1, 0.15) is 5.75 Å². The minimum absolute atomic E-state index is 0.0261. The van der Waals surface area contributed by atoms with Crippen LogP contribution in [-0.2, 0) is 4.79 Å². The number of benzene rings is 1. The van der Waals surface area contributed by atoms with Crippen LogP contribution in [0.25, 0.3) is 0 Å². The molecule has 0 bridgehead atoms. The molecule has 22 heavy (non-hydrogen) atoms. The highest BCUT2D eigenvalue weighted by atomic mass is 32.1. The van der Waals surface area contributed by atoms with E-state index in [2.05, 4.69) is 32.2 Å². The Morgan fingerprint density at radius 3 is 2.36 bits per heavy atom. The molecular weight excluding hydrogens is 294 g/mol. The Balaban J connectivity index is 2.05. The predicted octanol–water partition coefficient (Wildman–Crippen LogP) is 4.42. The number of ether oxygens (including phenoxy) is 1. The number of rotatable bonds is 5. The van der Waals surface area contributed by atoms with Gasteiger partial charge in [-0.15, -0.1) is 11.3 Å². The van der Waals surface area contributed by atoms with E-state index in [-0.39, 0.29) is 17.4 Å². The second kappa shape index (κ2) is 6.97. The third-order valence-corrected chi connectivity index (χ3v) is 4.34. The van der Waals surface area contributed by atoms with E-state index in [1.54, 1.807) is 18.3 Å². The van der Waals surface area contributed by atoms with Gasteiger partial charge in [-0.25, -0.2) is 0 Å². The number of carbonyl (C=O) groups excluding carboxylic acids is 1. The molecule has 0 aliphatic carbocycles. The maximum absolute atomic E-state index is 12.5. The minimum Gasteiger partial charge on any atom is -0.481 e. The molecule has 0 aliphatic heterocycles. The van der Waals surface area contributed by atoms with Crippen LogP contribution in [0.5, 0.6) is 5.75 Å². The molecule has 0 saturated heterocycles. The quantitative estimate of drug-likeness (QED) is 0.886. The molecule has 0 aliphatic rings. The average Bonchev–Trinajstić information content (AvgIpc) is 2.98. The lowest BCUT2D eigenvalue weighted by molar-refractivity contribution is -0.128. The summed E-state index contributed by atoms with van der Waals surface area (Å²) < 4.78 is 5.70. The lowest BCUT2D eigenvalue weighted by Gasteiger charge is -2.31. The van der Waals surface area contributed by atoms with Gasteiger partial charge in [-0.2, -0.15) is 0 Å². The van der Waals surface area contributed by atoms with Crippen molar-refractivity contribution in [2.45, 2.75) is 39.8 Å². The molecule has 0 unspecified atom stereocenters. The first kappa shape index (κ1) is 16.6. The molecule has 2 atom stereocenters. The molecule has 0 fully saturated rings. The number of amides is 1. The second-order valence-corrected chi connectivity index (χ2v) is 7.38. The molecular formula is C18H23NO2S. The number of hydrogen-bond donors (Lipinski definition) is 1. The van der Waals surface area contributed by atoms with E-state index < -0.39 is 6.10 Å². The van der Waals surface area contributed by atoms with E-state index >= 15 is 0 Å². The molecule has 1 heterocycles. The van der Waals surface area contributed by atoms with Crippen LogP contribution in [-0.4, -0.2) is 12.0 Å². The van der Waals surface area contributed by atoms with Crippen LogP contribution in [0.1, 0.15) is 38.6 Å². The Kier molecular flexibility index (Phi) is 5.24. The molecule has 0 saturated carbocycles. The van der Waals surface area contributed by atoms with E-state index in [4.69, 9.17) is 4.74 Å². The van der Waals surface area contributed by atoms with Crippen LogP contribution < -0.4 is 10.1 Å². The summed E-state index contributed by atoms with van der Waals surface area (Å²) in [4.78, 5) is 13.6. The molecule has 1 amide bonds. The molecule has 4 heteroatoms. The Morgan fingerprint density at radius 2 is 1.82 bits per heavy atom. The van der Waals surface area contributed by atoms with Crippen LogP contribution in [0.4, 0.5) is 0 Å². The molecule has 3 nitrogen and oxygen atoms in total. The summed E-state index contributed by atoms with van der Waals surface area (Å²) in [5.74, 6) is 0.603. The van der Waals surface area contributed by atoms with Crippen LogP contribution in [0.2, 0.25) is 0 Å². The van der Waals surface area contributed by atoms with E-state index in [9.17, 15) is 4.79 Å². The second-order valence-electron chi connectivity index (χ2n) is 6.40. The average molecular weight is 317 g/mol. The van der Waals surface area contributed by atoms with Gasteiger partial charge in [-0.05, 0) is 35.9 Å². The maximum Gasteiger partial charge on any atom is 0.261 e. The van der Waals surface area contributed by atoms with Gasteiger partial charge in [-0.1, -0.05) is 45.0 Å². The lowest BCUT2D eigenvalue weighted by Crippen LogP contribution is -2.42. The summed E-state index contributed by atoms with van der Waals surface area (Å²) >= 11 is 1.66. The topological polar surface area (TPSA) is 38.3 Å². The summed E-state index contributed by atoms with van der Waals surface area (Å²) in [6.07, 6.45) is -0.535. The van der Waals surface area contributed by atoms with Crippen molar-refractivity contribution >= 4 is 17.2 Å². The number of carbonyl (C=O) groups is 1. The van der Waals surface area contributed by atoms with Gasteiger partial charge in [0.2, 0.25) is 0 Å². The summed E-state index contributed by atoms with van der Waals surface area (Å²) in [5.41, 5.74) is -0.0625. The Bertz CT molecular complexity index is 587. The van der Waals surface area contributed by atoms with E-state index in [1.807, 2.05) is 41.8 Å². The van der Waals surface area contributed by atoms with Gasteiger partial charge >= 0.3 is 0 Å². The molecule has 2 rings (SSSR count). The highest BCUT2D eigenvalue weighted by molar-refractivity contribution is 7.10. The van der Waals surface area contributed by atoms with Crippen LogP contribution in [0.3, 0.4) is 0 Å². The first-order chi connectivity index (χ1) is 10.4. The van der Waals surface area contributed by atoms with Crippen molar-refractivity contribution in [2.24, 2.45) is 5.41 Å². The fourth-order valence-corrected chi connectivity index (χ4v) is 3.21. The molecule has 0 spiro atoms. The van der Waals surface area contributed by atoms with E-state index in [0.717, 1.165) is 4.88 Å². The Morgan fingerprint density at radius 1 is 1.14 bits per heavy atom. The zero-order valence-corrected chi connectivity index (χ0v) is 14.3. The van der Waals surface area contributed by atoms with E-state index in [0.29, 0.717) is 5.75 Å². The van der Waals surface area contributed by atoms with Crippen molar-refractivity contribution in [2.75, 3.05) is 0 Å². The zero-order valence-electron chi connectivity index (χ0n) is 13.5. The van der Waals surface area contributed by atoms with Gasteiger partial charge in [0.15, 0.2) is 6.10 Å². The van der Waals surface area contributed by atoms with Gasteiger partial charge in [0, 0.05) is 4.88 Å². The van der Waals surface area contributed by atoms with Crippen molar-refractivity contribution < 1.29 is 9.53 Å². The molecule has 0 radical (unpaired) electrons. The van der Waals surface area contributed by atoms with Crippen molar-refractivity contribution in [3.8, 4) is 5.75 Å². The zero-order chi connectivity index (χ0) is 16.2. The van der Waals surface area contributed by atoms with Crippen molar-refractivity contribution in [1.29, 1.82) is 0 Å². The highest BCUT2D eigenvalue weighted by Gasteiger charge is 2.30. The first-order valence-electron chi connectivity index (χ1n) is 7.43. The summed E-state index contributed by atoms with van der Waals surface area (Å²) in [6.45, 7) is 8.15. The molecule has 1 aromatic heterocycles. The van der Waals surface area contributed by atoms with Gasteiger partial charge < -0.3 is 10.1 Å². The summed E-state index contributed by atoms with van der Waals surface area (Å²) in [7, 11) is 0.